The summed E-state index contributed by atoms with van der Waals surface area (Å²) in [5.41, 5.74) is 1.79. The molecule has 28 heavy (non-hydrogen) atoms. The Morgan fingerprint density at radius 2 is 1.93 bits per heavy atom. The molecule has 1 N–H and O–H groups in total. The van der Waals surface area contributed by atoms with Crippen molar-refractivity contribution in [3.05, 3.63) is 59.7 Å². The summed E-state index contributed by atoms with van der Waals surface area (Å²) in [5.74, 6) is -1.55. The maximum Gasteiger partial charge on any atom is 0.340 e. The van der Waals surface area contributed by atoms with Crippen molar-refractivity contribution in [3.63, 3.8) is 0 Å². The molecule has 142 valence electrons. The lowest BCUT2D eigenvalue weighted by atomic mass is 10.1. The number of carbonyl (C=O) groups excluding carboxylic acids is 3. The number of esters is 1. The van der Waals surface area contributed by atoms with Crippen molar-refractivity contribution in [2.24, 2.45) is 5.92 Å². The minimum atomic E-state index is -0.543. The molecule has 0 saturated carbocycles. The average Bonchev–Trinajstić information content (AvgIpc) is 3.10. The van der Waals surface area contributed by atoms with E-state index in [9.17, 15) is 14.4 Å². The molecule has 1 unspecified atom stereocenters. The van der Waals surface area contributed by atoms with Crippen LogP contribution in [0.4, 0.5) is 11.4 Å². The van der Waals surface area contributed by atoms with Gasteiger partial charge in [0.05, 0.1) is 35.4 Å². The van der Waals surface area contributed by atoms with Gasteiger partial charge in [-0.05, 0) is 43.3 Å². The number of benzene rings is 2. The molecule has 1 fully saturated rings. The summed E-state index contributed by atoms with van der Waals surface area (Å²) in [7, 11) is 0. The summed E-state index contributed by atoms with van der Waals surface area (Å²) in [6.45, 7) is 2.12. The van der Waals surface area contributed by atoms with Crippen LogP contribution in [-0.2, 0) is 14.3 Å². The molecule has 1 aliphatic heterocycles. The molecule has 0 bridgehead atoms. The lowest BCUT2D eigenvalue weighted by molar-refractivity contribution is -0.122. The smallest absolute Gasteiger partial charge is 0.340 e. The van der Waals surface area contributed by atoms with E-state index in [0.717, 1.165) is 0 Å². The van der Waals surface area contributed by atoms with Gasteiger partial charge in [-0.1, -0.05) is 12.1 Å². The number of nitrogens with zero attached hydrogens (tertiary/aromatic N) is 2. The zero-order chi connectivity index (χ0) is 20.1. The van der Waals surface area contributed by atoms with Crippen molar-refractivity contribution in [2.45, 2.75) is 13.3 Å². The fourth-order valence-corrected chi connectivity index (χ4v) is 3.08. The van der Waals surface area contributed by atoms with E-state index in [4.69, 9.17) is 10.00 Å². The van der Waals surface area contributed by atoms with Gasteiger partial charge < -0.3 is 15.0 Å². The molecule has 1 atom stereocenters. The molecule has 0 spiro atoms. The predicted molar refractivity (Wildman–Crippen MR) is 103 cm³/mol. The van der Waals surface area contributed by atoms with E-state index in [1.54, 1.807) is 55.5 Å². The van der Waals surface area contributed by atoms with Gasteiger partial charge in [0.1, 0.15) is 0 Å². The number of hydrogen-bond acceptors (Lipinski definition) is 5. The lowest BCUT2D eigenvalue weighted by Gasteiger charge is -2.19. The van der Waals surface area contributed by atoms with Crippen LogP contribution in [-0.4, -0.2) is 30.9 Å². The third-order valence-electron chi connectivity index (χ3n) is 4.47. The van der Waals surface area contributed by atoms with Crippen LogP contribution in [0.5, 0.6) is 0 Å². The van der Waals surface area contributed by atoms with Crippen LogP contribution < -0.4 is 10.2 Å². The van der Waals surface area contributed by atoms with E-state index in [1.807, 2.05) is 6.07 Å². The first-order valence-corrected chi connectivity index (χ1v) is 8.91. The molecule has 2 aromatic carbocycles. The second-order valence-electron chi connectivity index (χ2n) is 6.32. The molecular formula is C21H19N3O4. The van der Waals surface area contributed by atoms with Gasteiger partial charge in [0.15, 0.2) is 0 Å². The summed E-state index contributed by atoms with van der Waals surface area (Å²) in [6.07, 6.45) is 0.0548. The molecule has 0 aromatic heterocycles. The summed E-state index contributed by atoms with van der Waals surface area (Å²) in [6, 6.07) is 15.2. The monoisotopic (exact) mass is 377 g/mol. The Kier molecular flexibility index (Phi) is 5.70. The van der Waals surface area contributed by atoms with Gasteiger partial charge in [-0.25, -0.2) is 4.79 Å². The van der Waals surface area contributed by atoms with Gasteiger partial charge in [0.2, 0.25) is 11.8 Å². The molecule has 7 heteroatoms. The summed E-state index contributed by atoms with van der Waals surface area (Å²) in [4.78, 5) is 38.7. The zero-order valence-electron chi connectivity index (χ0n) is 15.3. The van der Waals surface area contributed by atoms with Crippen molar-refractivity contribution in [1.29, 1.82) is 5.26 Å². The van der Waals surface area contributed by atoms with E-state index in [0.29, 0.717) is 22.5 Å². The summed E-state index contributed by atoms with van der Waals surface area (Å²) >= 11 is 0. The van der Waals surface area contributed by atoms with Gasteiger partial charge in [0.25, 0.3) is 0 Å². The largest absolute Gasteiger partial charge is 0.462 e. The standard InChI is InChI=1S/C21H19N3O4/c1-2-28-21(27)17-5-3-4-6-18(17)24-13-15(11-19(24)25)20(26)23-16-9-7-14(12-22)8-10-16/h3-10,15H,2,11,13H2,1H3,(H,23,26). The Hall–Kier alpha value is -3.66. The fraction of sp³-hybridized carbons (Fsp3) is 0.238. The number of carbonyl (C=O) groups is 3. The molecule has 0 radical (unpaired) electrons. The van der Waals surface area contributed by atoms with Crippen LogP contribution in [0.1, 0.15) is 29.3 Å². The maximum atomic E-state index is 12.6. The topological polar surface area (TPSA) is 99.5 Å². The van der Waals surface area contributed by atoms with E-state index in [2.05, 4.69) is 5.32 Å². The van der Waals surface area contributed by atoms with Gasteiger partial charge >= 0.3 is 5.97 Å². The molecular weight excluding hydrogens is 358 g/mol. The Bertz CT molecular complexity index is 947. The van der Waals surface area contributed by atoms with Crippen LogP contribution in [0, 0.1) is 17.2 Å². The number of anilines is 2. The second-order valence-corrected chi connectivity index (χ2v) is 6.32. The molecule has 1 saturated heterocycles. The van der Waals surface area contributed by atoms with Crippen LogP contribution in [0.25, 0.3) is 0 Å². The van der Waals surface area contributed by atoms with Crippen molar-refractivity contribution >= 4 is 29.2 Å². The first kappa shape index (κ1) is 19.1. The molecule has 7 nitrogen and oxygen atoms in total. The van der Waals surface area contributed by atoms with Crippen LogP contribution in [0.2, 0.25) is 0 Å². The fourth-order valence-electron chi connectivity index (χ4n) is 3.08. The number of rotatable bonds is 5. The third kappa shape index (κ3) is 4.01. The molecule has 3 rings (SSSR count). The van der Waals surface area contributed by atoms with Crippen molar-refractivity contribution < 1.29 is 19.1 Å². The Labute approximate surface area is 162 Å². The van der Waals surface area contributed by atoms with Crippen molar-refractivity contribution in [2.75, 3.05) is 23.4 Å². The van der Waals surface area contributed by atoms with Crippen LogP contribution >= 0.6 is 0 Å². The van der Waals surface area contributed by atoms with E-state index >= 15 is 0 Å². The lowest BCUT2D eigenvalue weighted by Crippen LogP contribution is -2.29. The maximum absolute atomic E-state index is 12.6. The second kappa shape index (κ2) is 8.35. The molecule has 1 aliphatic rings. The summed E-state index contributed by atoms with van der Waals surface area (Å²) in [5, 5.41) is 11.6. The van der Waals surface area contributed by atoms with Gasteiger partial charge in [-0.15, -0.1) is 0 Å². The number of nitriles is 1. The van der Waals surface area contributed by atoms with E-state index in [-0.39, 0.29) is 31.4 Å². The highest BCUT2D eigenvalue weighted by atomic mass is 16.5. The minimum Gasteiger partial charge on any atom is -0.462 e. The normalized spacial score (nSPS) is 15.8. The highest BCUT2D eigenvalue weighted by molar-refractivity contribution is 6.07. The Morgan fingerprint density at radius 3 is 2.61 bits per heavy atom. The Morgan fingerprint density at radius 1 is 1.21 bits per heavy atom. The van der Waals surface area contributed by atoms with Crippen LogP contribution in [0.15, 0.2) is 48.5 Å². The van der Waals surface area contributed by atoms with Crippen LogP contribution in [0.3, 0.4) is 0 Å². The highest BCUT2D eigenvalue weighted by Gasteiger charge is 2.36. The number of nitrogens with one attached hydrogen (secondary N) is 1. The predicted octanol–water partition coefficient (Wildman–Crippen LogP) is 2.73. The van der Waals surface area contributed by atoms with Gasteiger partial charge in [-0.2, -0.15) is 5.26 Å². The Balaban J connectivity index is 1.74. The van der Waals surface area contributed by atoms with Gasteiger partial charge in [-0.3, -0.25) is 9.59 Å². The van der Waals surface area contributed by atoms with Gasteiger partial charge in [0, 0.05) is 18.7 Å². The van der Waals surface area contributed by atoms with E-state index < -0.39 is 11.9 Å². The third-order valence-corrected chi connectivity index (χ3v) is 4.47. The van der Waals surface area contributed by atoms with Crippen molar-refractivity contribution in [1.82, 2.24) is 0 Å². The van der Waals surface area contributed by atoms with Crippen molar-refractivity contribution in [3.8, 4) is 6.07 Å². The molecule has 0 aliphatic carbocycles. The first-order chi connectivity index (χ1) is 13.5. The zero-order valence-corrected chi connectivity index (χ0v) is 15.3. The SMILES string of the molecule is CCOC(=O)c1ccccc1N1CC(C(=O)Nc2ccc(C#N)cc2)CC1=O. The quantitative estimate of drug-likeness (QED) is 0.808. The number of hydrogen-bond donors (Lipinski definition) is 1. The molecule has 1 heterocycles. The molecule has 2 aromatic rings. The summed E-state index contributed by atoms with van der Waals surface area (Å²) < 4.78 is 5.06. The first-order valence-electron chi connectivity index (χ1n) is 8.91. The molecule has 2 amide bonds. The number of ether oxygens (including phenoxy) is 1. The minimum absolute atomic E-state index is 0.0548. The number of amides is 2. The highest BCUT2D eigenvalue weighted by Crippen LogP contribution is 2.29. The average molecular weight is 377 g/mol. The number of para-hydroxylation sites is 1. The van der Waals surface area contributed by atoms with E-state index in [1.165, 1.54) is 4.90 Å².